The van der Waals surface area contributed by atoms with Crippen LogP contribution >= 0.6 is 0 Å². The van der Waals surface area contributed by atoms with E-state index in [4.69, 9.17) is 5.73 Å². The summed E-state index contributed by atoms with van der Waals surface area (Å²) in [4.78, 5) is 12.0. The SMILES string of the molecule is CC(C)(C)[C@H](N)C(=O)Nc1ccccc1OCC(F)(F)F. The molecule has 0 radical (unpaired) electrons. The number of benzene rings is 1. The van der Waals surface area contributed by atoms with Crippen LogP contribution in [0.2, 0.25) is 0 Å². The zero-order valence-electron chi connectivity index (χ0n) is 12.1. The van der Waals surface area contributed by atoms with Crippen LogP contribution in [0.25, 0.3) is 0 Å². The molecule has 0 unspecified atom stereocenters. The van der Waals surface area contributed by atoms with Crippen LogP contribution < -0.4 is 15.8 Å². The Labute approximate surface area is 121 Å². The average molecular weight is 304 g/mol. The number of carbonyl (C=O) groups excluding carboxylic acids is 1. The van der Waals surface area contributed by atoms with Crippen LogP contribution in [0.1, 0.15) is 20.8 Å². The molecule has 0 spiro atoms. The number of nitrogens with one attached hydrogen (secondary N) is 1. The summed E-state index contributed by atoms with van der Waals surface area (Å²) in [5, 5.41) is 2.50. The highest BCUT2D eigenvalue weighted by Crippen LogP contribution is 2.27. The predicted molar refractivity (Wildman–Crippen MR) is 74.1 cm³/mol. The zero-order valence-corrected chi connectivity index (χ0v) is 12.1. The summed E-state index contributed by atoms with van der Waals surface area (Å²) in [5.74, 6) is -0.533. The Balaban J connectivity index is 2.82. The molecule has 0 aliphatic carbocycles. The van der Waals surface area contributed by atoms with Gasteiger partial charge in [0.15, 0.2) is 6.61 Å². The largest absolute Gasteiger partial charge is 0.482 e. The maximum absolute atomic E-state index is 12.2. The Kier molecular flexibility index (Phi) is 5.22. The molecule has 0 aromatic heterocycles. The van der Waals surface area contributed by atoms with Crippen molar-refractivity contribution in [2.75, 3.05) is 11.9 Å². The average Bonchev–Trinajstić information content (AvgIpc) is 2.34. The van der Waals surface area contributed by atoms with Crippen LogP contribution in [0.15, 0.2) is 24.3 Å². The van der Waals surface area contributed by atoms with E-state index in [0.717, 1.165) is 0 Å². The third-order valence-electron chi connectivity index (χ3n) is 2.75. The number of anilines is 1. The molecule has 0 fully saturated rings. The zero-order chi connectivity index (χ0) is 16.3. The van der Waals surface area contributed by atoms with Crippen LogP contribution in [0.4, 0.5) is 18.9 Å². The summed E-state index contributed by atoms with van der Waals surface area (Å²) in [6, 6.07) is 5.11. The van der Waals surface area contributed by atoms with E-state index in [1.54, 1.807) is 26.8 Å². The second-order valence-corrected chi connectivity index (χ2v) is 5.73. The quantitative estimate of drug-likeness (QED) is 0.899. The normalized spacial score (nSPS) is 13.7. The van der Waals surface area contributed by atoms with Crippen molar-refractivity contribution in [2.24, 2.45) is 11.1 Å². The number of hydrogen-bond donors (Lipinski definition) is 2. The van der Waals surface area contributed by atoms with Gasteiger partial charge in [-0.25, -0.2) is 0 Å². The highest BCUT2D eigenvalue weighted by molar-refractivity contribution is 5.96. The molecule has 118 valence electrons. The number of rotatable bonds is 4. The topological polar surface area (TPSA) is 64.4 Å². The molecule has 1 rings (SSSR count). The lowest BCUT2D eigenvalue weighted by atomic mass is 9.87. The van der Waals surface area contributed by atoms with Crippen molar-refractivity contribution >= 4 is 11.6 Å². The number of para-hydroxylation sites is 2. The van der Waals surface area contributed by atoms with Gasteiger partial charge in [0.2, 0.25) is 5.91 Å². The molecule has 1 aromatic carbocycles. The van der Waals surface area contributed by atoms with Crippen LogP contribution in [0.5, 0.6) is 5.75 Å². The van der Waals surface area contributed by atoms with E-state index in [1.165, 1.54) is 18.2 Å². The molecular formula is C14H19F3N2O2. The fourth-order valence-electron chi connectivity index (χ4n) is 1.46. The fraction of sp³-hybridized carbons (Fsp3) is 0.500. The Hall–Kier alpha value is -1.76. The van der Waals surface area contributed by atoms with E-state index in [1.807, 2.05) is 0 Å². The first-order chi connectivity index (χ1) is 9.50. The predicted octanol–water partition coefficient (Wildman–Crippen LogP) is 2.94. The third kappa shape index (κ3) is 5.63. The maximum Gasteiger partial charge on any atom is 0.422 e. The minimum absolute atomic E-state index is 0.0516. The van der Waals surface area contributed by atoms with Crippen molar-refractivity contribution in [1.29, 1.82) is 0 Å². The molecule has 0 saturated heterocycles. The molecule has 0 aliphatic heterocycles. The summed E-state index contributed by atoms with van der Waals surface area (Å²) >= 11 is 0. The molecule has 1 amide bonds. The second-order valence-electron chi connectivity index (χ2n) is 5.73. The summed E-state index contributed by atoms with van der Waals surface area (Å²) in [6.45, 7) is 3.96. The smallest absolute Gasteiger partial charge is 0.422 e. The lowest BCUT2D eigenvalue weighted by Gasteiger charge is -2.26. The molecule has 1 atom stereocenters. The second kappa shape index (κ2) is 6.34. The highest BCUT2D eigenvalue weighted by Gasteiger charge is 2.30. The number of carbonyl (C=O) groups is 1. The molecule has 21 heavy (non-hydrogen) atoms. The highest BCUT2D eigenvalue weighted by atomic mass is 19.4. The first kappa shape index (κ1) is 17.3. The number of ether oxygens (including phenoxy) is 1. The third-order valence-corrected chi connectivity index (χ3v) is 2.75. The van der Waals surface area contributed by atoms with Gasteiger partial charge >= 0.3 is 6.18 Å². The number of amides is 1. The van der Waals surface area contributed by atoms with E-state index in [-0.39, 0.29) is 11.4 Å². The Bertz CT molecular complexity index is 496. The van der Waals surface area contributed by atoms with E-state index < -0.39 is 30.1 Å². The van der Waals surface area contributed by atoms with Crippen molar-refractivity contribution in [3.8, 4) is 5.75 Å². The Morgan fingerprint density at radius 1 is 1.29 bits per heavy atom. The van der Waals surface area contributed by atoms with E-state index >= 15 is 0 Å². The molecule has 0 aliphatic rings. The maximum atomic E-state index is 12.2. The number of hydrogen-bond acceptors (Lipinski definition) is 3. The molecule has 3 N–H and O–H groups in total. The minimum atomic E-state index is -4.45. The summed E-state index contributed by atoms with van der Waals surface area (Å²) < 4.78 is 41.3. The fourth-order valence-corrected chi connectivity index (χ4v) is 1.46. The van der Waals surface area contributed by atoms with Gasteiger partial charge in [0, 0.05) is 0 Å². The molecular weight excluding hydrogens is 285 g/mol. The summed E-state index contributed by atoms with van der Waals surface area (Å²) in [6.07, 6.45) is -4.45. The number of alkyl halides is 3. The van der Waals surface area contributed by atoms with Gasteiger partial charge in [-0.15, -0.1) is 0 Å². The van der Waals surface area contributed by atoms with Gasteiger partial charge in [0.1, 0.15) is 5.75 Å². The minimum Gasteiger partial charge on any atom is -0.482 e. The number of halogens is 3. The van der Waals surface area contributed by atoms with Crippen molar-refractivity contribution in [3.05, 3.63) is 24.3 Å². The van der Waals surface area contributed by atoms with Crippen molar-refractivity contribution in [3.63, 3.8) is 0 Å². The van der Waals surface area contributed by atoms with Gasteiger partial charge in [-0.2, -0.15) is 13.2 Å². The van der Waals surface area contributed by atoms with Crippen molar-refractivity contribution in [1.82, 2.24) is 0 Å². The number of nitrogens with two attached hydrogens (primary N) is 1. The van der Waals surface area contributed by atoms with Gasteiger partial charge in [-0.3, -0.25) is 4.79 Å². The van der Waals surface area contributed by atoms with E-state index in [9.17, 15) is 18.0 Å². The van der Waals surface area contributed by atoms with Crippen molar-refractivity contribution < 1.29 is 22.7 Å². The van der Waals surface area contributed by atoms with Crippen LogP contribution in [-0.4, -0.2) is 24.7 Å². The summed E-state index contributed by atoms with van der Waals surface area (Å²) in [7, 11) is 0. The van der Waals surface area contributed by atoms with E-state index in [0.29, 0.717) is 0 Å². The van der Waals surface area contributed by atoms with Gasteiger partial charge in [-0.1, -0.05) is 32.9 Å². The molecule has 0 heterocycles. The Morgan fingerprint density at radius 2 is 1.86 bits per heavy atom. The first-order valence-electron chi connectivity index (χ1n) is 6.36. The van der Waals surface area contributed by atoms with Gasteiger partial charge in [-0.05, 0) is 17.5 Å². The first-order valence-corrected chi connectivity index (χ1v) is 6.36. The standard InChI is InChI=1S/C14H19F3N2O2/c1-13(2,3)11(18)12(20)19-9-6-4-5-7-10(9)21-8-14(15,16)17/h4-7,11H,8,18H2,1-3H3,(H,19,20)/t11-/m1/s1. The van der Waals surface area contributed by atoms with E-state index in [2.05, 4.69) is 10.1 Å². The lowest BCUT2D eigenvalue weighted by Crippen LogP contribution is -2.45. The van der Waals surface area contributed by atoms with Crippen LogP contribution in [-0.2, 0) is 4.79 Å². The molecule has 7 heteroatoms. The van der Waals surface area contributed by atoms with Crippen LogP contribution in [0.3, 0.4) is 0 Å². The van der Waals surface area contributed by atoms with Crippen LogP contribution in [0, 0.1) is 5.41 Å². The van der Waals surface area contributed by atoms with Gasteiger partial charge < -0.3 is 15.8 Å². The molecule has 0 bridgehead atoms. The van der Waals surface area contributed by atoms with Gasteiger partial charge in [0.05, 0.1) is 11.7 Å². The van der Waals surface area contributed by atoms with Crippen molar-refractivity contribution in [2.45, 2.75) is 33.0 Å². The molecule has 4 nitrogen and oxygen atoms in total. The lowest BCUT2D eigenvalue weighted by molar-refractivity contribution is -0.153. The molecule has 0 saturated carbocycles. The Morgan fingerprint density at radius 3 is 2.38 bits per heavy atom. The monoisotopic (exact) mass is 304 g/mol. The van der Waals surface area contributed by atoms with Gasteiger partial charge in [0.25, 0.3) is 0 Å². The summed E-state index contributed by atoms with van der Waals surface area (Å²) in [5.41, 5.74) is 5.49. The molecule has 1 aromatic rings.